The highest BCUT2D eigenvalue weighted by Gasteiger charge is 2.19. The van der Waals surface area contributed by atoms with Crippen molar-refractivity contribution in [2.24, 2.45) is 0 Å². The Bertz CT molecular complexity index is 175. The summed E-state index contributed by atoms with van der Waals surface area (Å²) in [4.78, 5) is 10.8. The van der Waals surface area contributed by atoms with E-state index in [1.54, 1.807) is 0 Å². The van der Waals surface area contributed by atoms with Crippen molar-refractivity contribution in [1.82, 2.24) is 10.6 Å². The molecule has 5 heteroatoms. The van der Waals surface area contributed by atoms with Crippen molar-refractivity contribution >= 4 is 5.91 Å². The van der Waals surface area contributed by atoms with Crippen LogP contribution in [0.3, 0.4) is 0 Å². The van der Waals surface area contributed by atoms with Gasteiger partial charge in [0.25, 0.3) is 0 Å². The van der Waals surface area contributed by atoms with Gasteiger partial charge in [-0.3, -0.25) is 4.79 Å². The van der Waals surface area contributed by atoms with E-state index in [4.69, 9.17) is 9.84 Å². The average molecular weight is 202 g/mol. The summed E-state index contributed by atoms with van der Waals surface area (Å²) in [7, 11) is 0. The first-order chi connectivity index (χ1) is 6.83. The Morgan fingerprint density at radius 3 is 3.07 bits per heavy atom. The molecule has 5 nitrogen and oxygen atoms in total. The lowest BCUT2D eigenvalue weighted by molar-refractivity contribution is -0.119. The van der Waals surface area contributed by atoms with Gasteiger partial charge in [-0.1, -0.05) is 0 Å². The van der Waals surface area contributed by atoms with Crippen molar-refractivity contribution in [1.29, 1.82) is 0 Å². The van der Waals surface area contributed by atoms with Crippen LogP contribution in [0.2, 0.25) is 0 Å². The molecule has 1 amide bonds. The van der Waals surface area contributed by atoms with Gasteiger partial charge in [-0.15, -0.1) is 0 Å². The van der Waals surface area contributed by atoms with Gasteiger partial charge in [0, 0.05) is 25.6 Å². The fraction of sp³-hybridized carbons (Fsp3) is 0.889. The summed E-state index contributed by atoms with van der Waals surface area (Å²) >= 11 is 0. The van der Waals surface area contributed by atoms with Gasteiger partial charge in [-0.05, 0) is 6.42 Å². The molecule has 82 valence electrons. The molecule has 0 spiro atoms. The van der Waals surface area contributed by atoms with E-state index in [9.17, 15) is 4.79 Å². The first-order valence-electron chi connectivity index (χ1n) is 5.01. The molecule has 0 aromatic rings. The number of nitrogens with one attached hydrogen (secondary N) is 2. The van der Waals surface area contributed by atoms with E-state index in [0.717, 1.165) is 19.5 Å². The molecule has 1 heterocycles. The topological polar surface area (TPSA) is 70.6 Å². The predicted molar refractivity (Wildman–Crippen MR) is 51.9 cm³/mol. The lowest BCUT2D eigenvalue weighted by Crippen LogP contribution is -2.36. The molecule has 0 bridgehead atoms. The van der Waals surface area contributed by atoms with Crippen LogP contribution in [-0.2, 0) is 9.53 Å². The molecule has 1 atom stereocenters. The van der Waals surface area contributed by atoms with Crippen LogP contribution in [0, 0.1) is 0 Å². The maximum absolute atomic E-state index is 10.8. The highest BCUT2D eigenvalue weighted by atomic mass is 16.5. The van der Waals surface area contributed by atoms with Gasteiger partial charge in [0.2, 0.25) is 5.91 Å². The molecule has 0 aromatic carbocycles. The van der Waals surface area contributed by atoms with Crippen LogP contribution in [0.1, 0.15) is 12.8 Å². The van der Waals surface area contributed by atoms with Crippen LogP contribution in [0.15, 0.2) is 0 Å². The summed E-state index contributed by atoms with van der Waals surface area (Å²) in [5, 5.41) is 14.5. The number of rotatable bonds is 7. The number of hydrogen-bond acceptors (Lipinski definition) is 4. The third-order valence-corrected chi connectivity index (χ3v) is 2.13. The molecule has 1 unspecified atom stereocenters. The number of carbonyl (C=O) groups is 1. The molecule has 0 saturated carbocycles. The Morgan fingerprint density at radius 1 is 1.57 bits per heavy atom. The largest absolute Gasteiger partial charge is 0.394 e. The van der Waals surface area contributed by atoms with Gasteiger partial charge in [-0.25, -0.2) is 0 Å². The summed E-state index contributed by atoms with van der Waals surface area (Å²) in [6.45, 7) is 2.61. The third kappa shape index (κ3) is 4.55. The van der Waals surface area contributed by atoms with Crippen molar-refractivity contribution in [3.8, 4) is 0 Å². The maximum Gasteiger partial charge on any atom is 0.220 e. The molecule has 1 fully saturated rings. The van der Waals surface area contributed by atoms with Crippen molar-refractivity contribution in [2.75, 3.05) is 32.9 Å². The van der Waals surface area contributed by atoms with Crippen molar-refractivity contribution < 1.29 is 14.6 Å². The Balaban J connectivity index is 1.86. The maximum atomic E-state index is 10.8. The summed E-state index contributed by atoms with van der Waals surface area (Å²) in [6.07, 6.45) is 1.57. The van der Waals surface area contributed by atoms with Crippen molar-refractivity contribution in [3.05, 3.63) is 0 Å². The minimum Gasteiger partial charge on any atom is -0.394 e. The zero-order chi connectivity index (χ0) is 10.2. The first-order valence-corrected chi connectivity index (χ1v) is 5.01. The Kier molecular flexibility index (Phi) is 5.51. The fourth-order valence-corrected chi connectivity index (χ4v) is 1.42. The van der Waals surface area contributed by atoms with Crippen LogP contribution in [0.25, 0.3) is 0 Å². The van der Waals surface area contributed by atoms with E-state index in [1.165, 1.54) is 0 Å². The normalized spacial score (nSPS) is 21.2. The Morgan fingerprint density at radius 2 is 2.43 bits per heavy atom. The summed E-state index contributed by atoms with van der Waals surface area (Å²) in [5.74, 6) is 0.147. The Labute approximate surface area is 83.8 Å². The monoisotopic (exact) mass is 202 g/mol. The van der Waals surface area contributed by atoms with E-state index in [1.807, 2.05) is 0 Å². The fourth-order valence-electron chi connectivity index (χ4n) is 1.42. The number of aliphatic hydroxyl groups is 1. The number of amides is 1. The molecular formula is C9H18N2O3. The highest BCUT2D eigenvalue weighted by Crippen LogP contribution is 2.04. The molecule has 14 heavy (non-hydrogen) atoms. The smallest absolute Gasteiger partial charge is 0.220 e. The van der Waals surface area contributed by atoms with E-state index in [0.29, 0.717) is 19.6 Å². The minimum absolute atomic E-state index is 0.0681. The van der Waals surface area contributed by atoms with Crippen LogP contribution < -0.4 is 10.6 Å². The molecule has 1 aliphatic heterocycles. The third-order valence-electron chi connectivity index (χ3n) is 2.13. The first kappa shape index (κ1) is 11.4. The predicted octanol–water partition coefficient (Wildman–Crippen LogP) is -1.14. The van der Waals surface area contributed by atoms with E-state index in [-0.39, 0.29) is 18.6 Å². The van der Waals surface area contributed by atoms with Crippen molar-refractivity contribution in [3.63, 3.8) is 0 Å². The zero-order valence-electron chi connectivity index (χ0n) is 8.29. The van der Waals surface area contributed by atoms with Crippen molar-refractivity contribution in [2.45, 2.75) is 18.9 Å². The summed E-state index contributed by atoms with van der Waals surface area (Å²) in [6, 6.07) is 0.278. The minimum atomic E-state index is 0.0681. The molecular weight excluding hydrogens is 184 g/mol. The van der Waals surface area contributed by atoms with Gasteiger partial charge >= 0.3 is 0 Å². The average Bonchev–Trinajstić information content (AvgIpc) is 2.58. The number of carbonyl (C=O) groups excluding carboxylic acids is 1. The van der Waals surface area contributed by atoms with Crippen LogP contribution in [0.5, 0.6) is 0 Å². The van der Waals surface area contributed by atoms with Gasteiger partial charge in [0.1, 0.15) is 0 Å². The highest BCUT2D eigenvalue weighted by molar-refractivity contribution is 5.78. The summed E-state index contributed by atoms with van der Waals surface area (Å²) < 4.78 is 5.07. The number of hydrogen-bond donors (Lipinski definition) is 3. The van der Waals surface area contributed by atoms with Gasteiger partial charge in [-0.2, -0.15) is 0 Å². The van der Waals surface area contributed by atoms with Gasteiger partial charge in [0.05, 0.1) is 19.8 Å². The van der Waals surface area contributed by atoms with Crippen LogP contribution in [-0.4, -0.2) is 50.0 Å². The quantitative estimate of drug-likeness (QED) is 0.457. The van der Waals surface area contributed by atoms with E-state index in [2.05, 4.69) is 10.6 Å². The molecule has 1 rings (SSSR count). The van der Waals surface area contributed by atoms with Gasteiger partial charge < -0.3 is 20.5 Å². The molecule has 0 aliphatic carbocycles. The van der Waals surface area contributed by atoms with E-state index < -0.39 is 0 Å². The van der Waals surface area contributed by atoms with E-state index >= 15 is 0 Å². The zero-order valence-corrected chi connectivity index (χ0v) is 8.29. The van der Waals surface area contributed by atoms with Gasteiger partial charge in [0.15, 0.2) is 0 Å². The second-order valence-electron chi connectivity index (χ2n) is 3.34. The molecule has 0 aromatic heterocycles. The molecule has 1 aliphatic rings. The molecule has 3 N–H and O–H groups in total. The molecule has 0 radical (unpaired) electrons. The lowest BCUT2D eigenvalue weighted by Gasteiger charge is -2.10. The lowest BCUT2D eigenvalue weighted by atomic mass is 10.2. The molecule has 1 saturated heterocycles. The number of aliphatic hydroxyl groups excluding tert-OH is 1. The van der Waals surface area contributed by atoms with Crippen LogP contribution in [0.4, 0.5) is 0 Å². The second kappa shape index (κ2) is 6.75. The van der Waals surface area contributed by atoms with Crippen LogP contribution >= 0.6 is 0 Å². The second-order valence-corrected chi connectivity index (χ2v) is 3.34. The standard InChI is InChI=1S/C9H18N2O3/c12-4-6-14-5-3-10-7-8-1-2-9(13)11-8/h8,10,12H,1-7H2,(H,11,13). The number of ether oxygens (including phenoxy) is 1. The summed E-state index contributed by atoms with van der Waals surface area (Å²) in [5.41, 5.74) is 0. The SMILES string of the molecule is O=C1CCC(CNCCOCCO)N1. The Hall–Kier alpha value is -0.650.